The van der Waals surface area contributed by atoms with Crippen LogP contribution in [0.3, 0.4) is 0 Å². The molecule has 1 aromatic heterocycles. The van der Waals surface area contributed by atoms with Crippen molar-refractivity contribution >= 4 is 23.1 Å². The first-order chi connectivity index (χ1) is 11.4. The molecule has 2 nitrogen and oxygen atoms in total. The van der Waals surface area contributed by atoms with Crippen LogP contribution >= 0.6 is 23.1 Å². The molecule has 0 aliphatic heterocycles. The van der Waals surface area contributed by atoms with Crippen LogP contribution in [0.25, 0.3) is 0 Å². The lowest BCUT2D eigenvalue weighted by Gasteiger charge is -2.19. The van der Waals surface area contributed by atoms with Crippen molar-refractivity contribution in [1.29, 1.82) is 0 Å². The quantitative estimate of drug-likeness (QED) is 0.572. The van der Waals surface area contributed by atoms with Crippen molar-refractivity contribution in [1.82, 2.24) is 0 Å². The molecule has 0 spiro atoms. The van der Waals surface area contributed by atoms with Crippen molar-refractivity contribution in [3.8, 4) is 0 Å². The molecule has 4 heteroatoms. The second-order valence-electron chi connectivity index (χ2n) is 7.78. The Bertz CT molecular complexity index is 568. The minimum Gasteiger partial charge on any atom is -0.401 e. The van der Waals surface area contributed by atoms with Gasteiger partial charge in [0.15, 0.2) is 12.2 Å². The van der Waals surface area contributed by atoms with Gasteiger partial charge in [-0.05, 0) is 36.9 Å². The van der Waals surface area contributed by atoms with Crippen LogP contribution in [-0.2, 0) is 6.54 Å². The Balaban J connectivity index is 2.23. The Kier molecular flexibility index (Phi) is 7.23. The summed E-state index contributed by atoms with van der Waals surface area (Å²) in [5, 5.41) is 0. The molecule has 2 rings (SSSR count). The third kappa shape index (κ3) is 4.78. The molecule has 1 saturated carbocycles. The first kappa shape index (κ1) is 19.8. The molecule has 1 atom stereocenters. The van der Waals surface area contributed by atoms with Crippen LogP contribution in [-0.4, -0.2) is 5.75 Å². The summed E-state index contributed by atoms with van der Waals surface area (Å²) >= 11 is 3.92. The van der Waals surface area contributed by atoms with Gasteiger partial charge in [0.25, 0.3) is 0 Å². The summed E-state index contributed by atoms with van der Waals surface area (Å²) in [5.74, 6) is 3.51. The fraction of sp³-hybridized carbons (Fsp3) is 0.750. The molecule has 1 aliphatic carbocycles. The number of thioether (sulfide) groups is 1. The smallest absolute Gasteiger partial charge is 0.225 e. The second-order valence-corrected chi connectivity index (χ2v) is 9.80. The van der Waals surface area contributed by atoms with Gasteiger partial charge in [-0.15, -0.1) is 11.8 Å². The van der Waals surface area contributed by atoms with E-state index in [9.17, 15) is 0 Å². The summed E-state index contributed by atoms with van der Waals surface area (Å²) in [6, 6.07) is 0. The largest absolute Gasteiger partial charge is 0.401 e. The molecule has 0 bridgehead atoms. The molecule has 0 amide bonds. The highest BCUT2D eigenvalue weighted by Crippen LogP contribution is 2.43. The Morgan fingerprint density at radius 3 is 2.46 bits per heavy atom. The standard InChI is InChI=1S/C20H35N2S2/c1-7-10-23-20(17(21)13(2)3)15(6)11-22-12-24-19(14(4)5)18(22)16-8-9-16/h12-16H,7-11,21H2,1-6H3/q+1/b20-17-. The molecular weight excluding hydrogens is 332 g/mol. The van der Waals surface area contributed by atoms with E-state index in [4.69, 9.17) is 5.73 Å². The van der Waals surface area contributed by atoms with E-state index < -0.39 is 0 Å². The van der Waals surface area contributed by atoms with Gasteiger partial charge in [-0.3, -0.25) is 0 Å². The molecule has 0 saturated heterocycles. The van der Waals surface area contributed by atoms with E-state index in [-0.39, 0.29) is 0 Å². The highest BCUT2D eigenvalue weighted by Gasteiger charge is 2.37. The van der Waals surface area contributed by atoms with Crippen molar-refractivity contribution in [2.24, 2.45) is 17.6 Å². The Labute approximate surface area is 156 Å². The minimum atomic E-state index is 0.424. The lowest BCUT2D eigenvalue weighted by atomic mass is 10.0. The maximum absolute atomic E-state index is 6.47. The van der Waals surface area contributed by atoms with E-state index in [1.54, 1.807) is 10.6 Å². The molecule has 1 aliphatic rings. The molecule has 1 heterocycles. The normalized spacial score (nSPS) is 17.5. The molecule has 2 N–H and O–H groups in total. The van der Waals surface area contributed by atoms with E-state index in [1.807, 2.05) is 23.1 Å². The maximum atomic E-state index is 6.47. The van der Waals surface area contributed by atoms with Gasteiger partial charge in [0, 0.05) is 22.4 Å². The van der Waals surface area contributed by atoms with Crippen LogP contribution in [0.2, 0.25) is 0 Å². The first-order valence-corrected chi connectivity index (χ1v) is 11.4. The Hall–Kier alpha value is -0.480. The molecule has 1 aromatic rings. The molecule has 0 radical (unpaired) electrons. The topological polar surface area (TPSA) is 29.9 Å². The van der Waals surface area contributed by atoms with Gasteiger partial charge >= 0.3 is 0 Å². The molecule has 136 valence electrons. The third-order valence-electron chi connectivity index (χ3n) is 4.64. The van der Waals surface area contributed by atoms with E-state index in [0.717, 1.165) is 23.9 Å². The number of nitrogens with two attached hydrogens (primary N) is 1. The van der Waals surface area contributed by atoms with Crippen molar-refractivity contribution in [2.75, 3.05) is 5.75 Å². The third-order valence-corrected chi connectivity index (χ3v) is 7.50. The SMILES string of the molecule is CCCS/C(=C(\N)C(C)C)C(C)C[n+]1csc(C(C)C)c1C1CC1. The van der Waals surface area contributed by atoms with Crippen LogP contribution in [0.15, 0.2) is 16.1 Å². The number of aromatic nitrogens is 1. The molecule has 24 heavy (non-hydrogen) atoms. The highest BCUT2D eigenvalue weighted by molar-refractivity contribution is 8.03. The van der Waals surface area contributed by atoms with Crippen molar-refractivity contribution in [3.05, 3.63) is 26.7 Å². The summed E-state index contributed by atoms with van der Waals surface area (Å²) in [5.41, 5.74) is 11.5. The number of thiazole rings is 1. The zero-order valence-electron chi connectivity index (χ0n) is 16.3. The predicted octanol–water partition coefficient (Wildman–Crippen LogP) is 5.64. The first-order valence-electron chi connectivity index (χ1n) is 9.49. The average Bonchev–Trinajstić information content (AvgIpc) is 3.27. The summed E-state index contributed by atoms with van der Waals surface area (Å²) in [4.78, 5) is 3.01. The summed E-state index contributed by atoms with van der Waals surface area (Å²) in [6.45, 7) is 14.7. The number of nitrogens with zero attached hydrogens (tertiary/aromatic N) is 1. The fourth-order valence-corrected chi connectivity index (χ4v) is 5.43. The average molecular weight is 368 g/mol. The van der Waals surface area contributed by atoms with Crippen LogP contribution in [0, 0.1) is 11.8 Å². The van der Waals surface area contributed by atoms with Gasteiger partial charge < -0.3 is 5.73 Å². The van der Waals surface area contributed by atoms with Gasteiger partial charge in [-0.1, -0.05) is 52.9 Å². The highest BCUT2D eigenvalue weighted by atomic mass is 32.2. The van der Waals surface area contributed by atoms with Crippen LogP contribution in [0.5, 0.6) is 0 Å². The number of rotatable bonds is 9. The molecule has 0 aromatic carbocycles. The van der Waals surface area contributed by atoms with Gasteiger partial charge in [0.05, 0.1) is 4.88 Å². The van der Waals surface area contributed by atoms with Crippen molar-refractivity contribution in [2.45, 2.75) is 79.2 Å². The number of allylic oxidation sites excluding steroid dienone is 2. The summed E-state index contributed by atoms with van der Waals surface area (Å²) < 4.78 is 2.54. The number of hydrogen-bond acceptors (Lipinski definition) is 3. The zero-order valence-corrected chi connectivity index (χ0v) is 17.9. The Morgan fingerprint density at radius 1 is 1.29 bits per heavy atom. The summed E-state index contributed by atoms with van der Waals surface area (Å²) in [7, 11) is 0. The predicted molar refractivity (Wildman–Crippen MR) is 109 cm³/mol. The van der Waals surface area contributed by atoms with Gasteiger partial charge in [-0.25, -0.2) is 0 Å². The molecule has 1 unspecified atom stereocenters. The fourth-order valence-electron chi connectivity index (χ4n) is 3.13. The maximum Gasteiger partial charge on any atom is 0.225 e. The lowest BCUT2D eigenvalue weighted by molar-refractivity contribution is -0.704. The van der Waals surface area contributed by atoms with Crippen molar-refractivity contribution in [3.63, 3.8) is 0 Å². The molecule has 1 fully saturated rings. The van der Waals surface area contributed by atoms with Crippen LogP contribution < -0.4 is 10.3 Å². The second kappa shape index (κ2) is 8.75. The lowest BCUT2D eigenvalue weighted by Crippen LogP contribution is -2.39. The van der Waals surface area contributed by atoms with Gasteiger partial charge in [0.2, 0.25) is 5.51 Å². The van der Waals surface area contributed by atoms with Gasteiger partial charge in [-0.2, -0.15) is 4.57 Å². The van der Waals surface area contributed by atoms with Crippen molar-refractivity contribution < 1.29 is 4.57 Å². The zero-order chi connectivity index (χ0) is 17.9. The van der Waals surface area contributed by atoms with E-state index in [2.05, 4.69) is 51.6 Å². The number of hydrogen-bond donors (Lipinski definition) is 1. The summed E-state index contributed by atoms with van der Waals surface area (Å²) in [6.07, 6.45) is 3.93. The van der Waals surface area contributed by atoms with Crippen LogP contribution in [0.1, 0.15) is 83.2 Å². The minimum absolute atomic E-state index is 0.424. The monoisotopic (exact) mass is 367 g/mol. The van der Waals surface area contributed by atoms with E-state index in [1.165, 1.54) is 24.2 Å². The van der Waals surface area contributed by atoms with E-state index >= 15 is 0 Å². The van der Waals surface area contributed by atoms with Crippen LogP contribution in [0.4, 0.5) is 0 Å². The Morgan fingerprint density at radius 2 is 1.96 bits per heavy atom. The van der Waals surface area contributed by atoms with Gasteiger partial charge in [0.1, 0.15) is 0 Å². The van der Waals surface area contributed by atoms with E-state index in [0.29, 0.717) is 17.8 Å². The molecular formula is C20H35N2S2+.